The third kappa shape index (κ3) is 3.36. The molecule has 0 aliphatic carbocycles. The molecule has 1 unspecified atom stereocenters. The van der Waals surface area contributed by atoms with Crippen LogP contribution in [0, 0.1) is 0 Å². The average molecular weight is 290 g/mol. The number of guanidine groups is 1. The normalized spacial score (nSPS) is 18.0. The Labute approximate surface area is 121 Å². The van der Waals surface area contributed by atoms with E-state index < -0.39 is 0 Å². The highest BCUT2D eigenvalue weighted by Gasteiger charge is 2.14. The summed E-state index contributed by atoms with van der Waals surface area (Å²) in [5, 5.41) is 15.8. The van der Waals surface area contributed by atoms with E-state index >= 15 is 0 Å². The fraction of sp³-hybridized carbons (Fsp3) is 0.462. The second-order valence-corrected chi connectivity index (χ2v) is 5.78. The fourth-order valence-corrected chi connectivity index (χ4v) is 2.96. The fourth-order valence-electron chi connectivity index (χ4n) is 2.30. The van der Waals surface area contributed by atoms with Gasteiger partial charge in [-0.2, -0.15) is 11.3 Å². The zero-order chi connectivity index (χ0) is 13.8. The first-order valence-corrected chi connectivity index (χ1v) is 7.70. The number of hydrogen-bond acceptors (Lipinski definition) is 6. The van der Waals surface area contributed by atoms with Gasteiger partial charge in [0.15, 0.2) is 5.96 Å². The number of nitrogens with one attached hydrogen (secondary N) is 1. The summed E-state index contributed by atoms with van der Waals surface area (Å²) in [5.41, 5.74) is 7.91. The highest BCUT2D eigenvalue weighted by atomic mass is 32.1. The molecule has 0 radical (unpaired) electrons. The van der Waals surface area contributed by atoms with Crippen molar-refractivity contribution in [2.45, 2.75) is 31.8 Å². The van der Waals surface area contributed by atoms with E-state index in [0.717, 1.165) is 38.0 Å². The van der Waals surface area contributed by atoms with Gasteiger partial charge in [-0.1, -0.05) is 5.21 Å². The highest BCUT2D eigenvalue weighted by molar-refractivity contribution is 7.07. The van der Waals surface area contributed by atoms with Gasteiger partial charge in [-0.3, -0.25) is 4.99 Å². The number of aliphatic imine (C=N–C) groups is 1. The van der Waals surface area contributed by atoms with Crippen LogP contribution in [-0.4, -0.2) is 33.5 Å². The van der Waals surface area contributed by atoms with E-state index in [-0.39, 0.29) is 0 Å². The van der Waals surface area contributed by atoms with Crippen molar-refractivity contribution < 1.29 is 0 Å². The minimum atomic E-state index is 0.385. The molecule has 2 aromatic heterocycles. The first-order chi connectivity index (χ1) is 9.79. The van der Waals surface area contributed by atoms with Gasteiger partial charge in [0.25, 0.3) is 0 Å². The van der Waals surface area contributed by atoms with Crippen molar-refractivity contribution in [3.05, 3.63) is 34.3 Å². The van der Waals surface area contributed by atoms with E-state index in [1.54, 1.807) is 11.3 Å². The molecule has 0 bridgehead atoms. The van der Waals surface area contributed by atoms with Crippen molar-refractivity contribution in [3.8, 4) is 0 Å². The van der Waals surface area contributed by atoms with Gasteiger partial charge in [0.1, 0.15) is 0 Å². The number of rotatable bonds is 6. The van der Waals surface area contributed by atoms with E-state index in [1.165, 1.54) is 5.56 Å². The molecule has 0 aromatic carbocycles. The Morgan fingerprint density at radius 3 is 3.20 bits per heavy atom. The second-order valence-electron chi connectivity index (χ2n) is 5.00. The van der Waals surface area contributed by atoms with E-state index in [1.807, 2.05) is 10.9 Å². The van der Waals surface area contributed by atoms with Crippen LogP contribution >= 0.6 is 11.3 Å². The van der Waals surface area contributed by atoms with Gasteiger partial charge in [-0.05, 0) is 41.7 Å². The van der Waals surface area contributed by atoms with Gasteiger partial charge in [0, 0.05) is 12.2 Å². The second kappa shape index (κ2) is 6.04. The third-order valence-electron chi connectivity index (χ3n) is 3.33. The van der Waals surface area contributed by atoms with Crippen LogP contribution < -0.4 is 11.1 Å². The largest absolute Gasteiger partial charge is 0.370 e. The summed E-state index contributed by atoms with van der Waals surface area (Å²) in [4.78, 5) is 4.14. The minimum Gasteiger partial charge on any atom is -0.370 e. The van der Waals surface area contributed by atoms with Crippen LogP contribution in [0.1, 0.15) is 24.1 Å². The molecule has 0 fully saturated rings. The Morgan fingerprint density at radius 1 is 1.50 bits per heavy atom. The Bertz CT molecular complexity index is 573. The topological polar surface area (TPSA) is 81.1 Å². The van der Waals surface area contributed by atoms with Crippen molar-refractivity contribution in [1.29, 1.82) is 0 Å². The van der Waals surface area contributed by atoms with Crippen LogP contribution in [0.15, 0.2) is 28.0 Å². The molecule has 3 heterocycles. The smallest absolute Gasteiger partial charge is 0.188 e. The summed E-state index contributed by atoms with van der Waals surface area (Å²) in [6.45, 7) is 1.59. The maximum absolute atomic E-state index is 5.59. The summed E-state index contributed by atoms with van der Waals surface area (Å²) in [5.74, 6) is 0.566. The van der Waals surface area contributed by atoms with Gasteiger partial charge in [-0.25, -0.2) is 4.68 Å². The molecule has 3 rings (SSSR count). The lowest BCUT2D eigenvalue weighted by atomic mass is 10.1. The molecule has 7 heteroatoms. The monoisotopic (exact) mass is 290 g/mol. The lowest BCUT2D eigenvalue weighted by molar-refractivity contribution is 0.568. The molecule has 2 aromatic rings. The van der Waals surface area contributed by atoms with Crippen molar-refractivity contribution in [1.82, 2.24) is 20.3 Å². The number of aryl methyl sites for hydroxylation is 1. The summed E-state index contributed by atoms with van der Waals surface area (Å²) in [7, 11) is 0. The molecule has 0 amide bonds. The molecule has 0 saturated heterocycles. The summed E-state index contributed by atoms with van der Waals surface area (Å²) in [6.07, 6.45) is 5.10. The number of aromatic nitrogens is 3. The van der Waals surface area contributed by atoms with Crippen molar-refractivity contribution in [3.63, 3.8) is 0 Å². The summed E-state index contributed by atoms with van der Waals surface area (Å²) >= 11 is 1.70. The van der Waals surface area contributed by atoms with Gasteiger partial charge in [-0.15, -0.1) is 5.10 Å². The summed E-state index contributed by atoms with van der Waals surface area (Å²) < 4.78 is 1.90. The molecule has 0 saturated carbocycles. The zero-order valence-corrected chi connectivity index (χ0v) is 12.0. The SMILES string of the molecule is NC1=NCC(CCCc2cn(Cc3ccsc3)nn2)N1. The van der Waals surface area contributed by atoms with Gasteiger partial charge in [0.2, 0.25) is 0 Å². The molecule has 6 nitrogen and oxygen atoms in total. The van der Waals surface area contributed by atoms with Crippen LogP contribution in [-0.2, 0) is 13.0 Å². The first-order valence-electron chi connectivity index (χ1n) is 6.76. The van der Waals surface area contributed by atoms with E-state index in [4.69, 9.17) is 5.73 Å². The maximum Gasteiger partial charge on any atom is 0.188 e. The zero-order valence-electron chi connectivity index (χ0n) is 11.2. The number of thiophene rings is 1. The van der Waals surface area contributed by atoms with Crippen LogP contribution in [0.25, 0.3) is 0 Å². The number of nitrogens with zero attached hydrogens (tertiary/aromatic N) is 4. The van der Waals surface area contributed by atoms with Crippen LogP contribution in [0.4, 0.5) is 0 Å². The van der Waals surface area contributed by atoms with Gasteiger partial charge < -0.3 is 11.1 Å². The quantitative estimate of drug-likeness (QED) is 0.831. The van der Waals surface area contributed by atoms with Crippen LogP contribution in [0.2, 0.25) is 0 Å². The van der Waals surface area contributed by atoms with Crippen LogP contribution in [0.3, 0.4) is 0 Å². The lowest BCUT2D eigenvalue weighted by Gasteiger charge is -2.08. The third-order valence-corrected chi connectivity index (χ3v) is 4.06. The lowest BCUT2D eigenvalue weighted by Crippen LogP contribution is -2.34. The van der Waals surface area contributed by atoms with Crippen molar-refractivity contribution in [2.24, 2.45) is 10.7 Å². The van der Waals surface area contributed by atoms with Gasteiger partial charge in [0.05, 0.1) is 18.8 Å². The molecular weight excluding hydrogens is 272 g/mol. The Kier molecular flexibility index (Phi) is 3.96. The number of nitrogens with two attached hydrogens (primary N) is 1. The minimum absolute atomic E-state index is 0.385. The summed E-state index contributed by atoms with van der Waals surface area (Å²) in [6, 6.07) is 2.50. The van der Waals surface area contributed by atoms with Gasteiger partial charge >= 0.3 is 0 Å². The predicted molar refractivity (Wildman–Crippen MR) is 79.8 cm³/mol. The Balaban J connectivity index is 1.43. The molecule has 106 valence electrons. The average Bonchev–Trinajstić information content (AvgIpc) is 3.14. The molecule has 1 atom stereocenters. The van der Waals surface area contributed by atoms with E-state index in [9.17, 15) is 0 Å². The van der Waals surface area contributed by atoms with E-state index in [2.05, 4.69) is 37.4 Å². The maximum atomic E-state index is 5.59. The molecule has 20 heavy (non-hydrogen) atoms. The molecule has 1 aliphatic rings. The Morgan fingerprint density at radius 2 is 2.45 bits per heavy atom. The van der Waals surface area contributed by atoms with Crippen molar-refractivity contribution in [2.75, 3.05) is 6.54 Å². The van der Waals surface area contributed by atoms with Crippen LogP contribution in [0.5, 0.6) is 0 Å². The molecular formula is C13H18N6S. The molecule has 1 aliphatic heterocycles. The van der Waals surface area contributed by atoms with E-state index in [0.29, 0.717) is 12.0 Å². The first kappa shape index (κ1) is 13.1. The molecule has 3 N–H and O–H groups in total. The standard InChI is InChI=1S/C13H18N6S/c14-13-15-6-11(16-13)2-1-3-12-8-19(18-17-12)7-10-4-5-20-9-10/h4-5,8-9,11H,1-3,6-7H2,(H3,14,15,16). The Hall–Kier alpha value is -1.89. The predicted octanol–water partition coefficient (Wildman–Crippen LogP) is 0.997. The highest BCUT2D eigenvalue weighted by Crippen LogP contribution is 2.09. The van der Waals surface area contributed by atoms with Crippen molar-refractivity contribution >= 4 is 17.3 Å². The molecule has 0 spiro atoms. The number of hydrogen-bond donors (Lipinski definition) is 2.